The Balaban J connectivity index is 1.53. The van der Waals surface area contributed by atoms with Crippen LogP contribution in [0.4, 0.5) is 0 Å². The SMILES string of the molecule is C[C@]12CC[C@H]3[C@@H](CCC4C(=O)[C@@H](O)CC[C@@]43C)[C@@]1(O)CC[C@]2(O)c1ccc(Cl)cc1. The Hall–Kier alpha value is -0.940. The first-order valence-corrected chi connectivity index (χ1v) is 11.9. The summed E-state index contributed by atoms with van der Waals surface area (Å²) in [5.41, 5.74) is -2.03. The fourth-order valence-electron chi connectivity index (χ4n) is 8.28. The quantitative estimate of drug-likeness (QED) is 0.620. The van der Waals surface area contributed by atoms with Crippen LogP contribution >= 0.6 is 11.6 Å². The molecule has 8 atom stereocenters. The first-order valence-electron chi connectivity index (χ1n) is 11.5. The summed E-state index contributed by atoms with van der Waals surface area (Å²) in [7, 11) is 0. The van der Waals surface area contributed by atoms with Crippen LogP contribution in [0.3, 0.4) is 0 Å². The van der Waals surface area contributed by atoms with E-state index in [-0.39, 0.29) is 29.0 Å². The third-order valence-electron chi connectivity index (χ3n) is 10.2. The molecule has 3 N–H and O–H groups in total. The normalized spacial score (nSPS) is 50.5. The van der Waals surface area contributed by atoms with Crippen molar-refractivity contribution in [1.82, 2.24) is 0 Å². The van der Waals surface area contributed by atoms with Gasteiger partial charge in [0.15, 0.2) is 5.78 Å². The number of fused-ring (bicyclic) bond motifs is 5. The van der Waals surface area contributed by atoms with Gasteiger partial charge in [-0.2, -0.15) is 0 Å². The van der Waals surface area contributed by atoms with Crippen molar-refractivity contribution in [2.75, 3.05) is 0 Å². The highest BCUT2D eigenvalue weighted by molar-refractivity contribution is 6.30. The molecule has 0 bridgehead atoms. The molecule has 0 amide bonds. The van der Waals surface area contributed by atoms with Gasteiger partial charge in [0, 0.05) is 16.4 Å². The second-order valence-electron chi connectivity index (χ2n) is 11.0. The maximum atomic E-state index is 12.8. The Morgan fingerprint density at radius 3 is 2.30 bits per heavy atom. The number of hydrogen-bond donors (Lipinski definition) is 3. The molecule has 1 aromatic carbocycles. The molecule has 4 saturated carbocycles. The highest BCUT2D eigenvalue weighted by Gasteiger charge is 2.72. The van der Waals surface area contributed by atoms with Gasteiger partial charge in [-0.1, -0.05) is 37.6 Å². The Labute approximate surface area is 183 Å². The predicted molar refractivity (Wildman–Crippen MR) is 115 cm³/mol. The van der Waals surface area contributed by atoms with Gasteiger partial charge in [0.05, 0.1) is 11.2 Å². The molecule has 0 saturated heterocycles. The second kappa shape index (κ2) is 6.54. The van der Waals surface area contributed by atoms with Crippen LogP contribution in [0.1, 0.15) is 70.8 Å². The van der Waals surface area contributed by atoms with Gasteiger partial charge in [-0.05, 0) is 86.3 Å². The van der Waals surface area contributed by atoms with Gasteiger partial charge in [0.2, 0.25) is 0 Å². The maximum Gasteiger partial charge on any atom is 0.164 e. The van der Waals surface area contributed by atoms with Crippen LogP contribution in [-0.2, 0) is 10.4 Å². The Kier molecular flexibility index (Phi) is 4.56. The van der Waals surface area contributed by atoms with Crippen molar-refractivity contribution in [2.24, 2.45) is 28.6 Å². The van der Waals surface area contributed by atoms with Gasteiger partial charge in [0.1, 0.15) is 6.10 Å². The number of carbonyl (C=O) groups is 1. The summed E-state index contributed by atoms with van der Waals surface area (Å²) in [5, 5.41) is 34.9. The Bertz CT molecular complexity index is 870. The lowest BCUT2D eigenvalue weighted by Crippen LogP contribution is -2.65. The number of hydrogen-bond acceptors (Lipinski definition) is 4. The molecular weight excluding hydrogens is 400 g/mol. The van der Waals surface area contributed by atoms with Crippen molar-refractivity contribution in [3.63, 3.8) is 0 Å². The lowest BCUT2D eigenvalue weighted by molar-refractivity contribution is -0.236. The molecule has 4 aliphatic carbocycles. The average molecular weight is 433 g/mol. The molecule has 164 valence electrons. The predicted octanol–water partition coefficient (Wildman–Crippen LogP) is 4.23. The molecule has 5 heteroatoms. The van der Waals surface area contributed by atoms with E-state index in [9.17, 15) is 20.1 Å². The van der Waals surface area contributed by atoms with E-state index in [2.05, 4.69) is 13.8 Å². The largest absolute Gasteiger partial charge is 0.389 e. The van der Waals surface area contributed by atoms with Gasteiger partial charge in [-0.3, -0.25) is 4.79 Å². The van der Waals surface area contributed by atoms with Gasteiger partial charge in [-0.25, -0.2) is 0 Å². The number of benzene rings is 1. The summed E-state index contributed by atoms with van der Waals surface area (Å²) in [6, 6.07) is 7.41. The van der Waals surface area contributed by atoms with Gasteiger partial charge < -0.3 is 15.3 Å². The van der Waals surface area contributed by atoms with E-state index in [0.29, 0.717) is 24.3 Å². The fourth-order valence-corrected chi connectivity index (χ4v) is 8.40. The summed E-state index contributed by atoms with van der Waals surface area (Å²) in [5.74, 6) is 0.221. The number of rotatable bonds is 1. The molecule has 0 aliphatic heterocycles. The first kappa shape index (κ1) is 20.9. The standard InChI is InChI=1S/C25H33ClO4/c1-22-11-10-20(27)21(28)19(22)8-7-18-17(22)9-12-23(2)24(29,13-14-25(18,23)30)15-3-5-16(26)6-4-15/h3-6,17-20,27,29-30H,7-14H2,1-2H3/t17-,18+,19?,20-,22+,23+,24-,25-/m0/s1. The molecule has 1 unspecified atom stereocenters. The minimum atomic E-state index is -1.09. The molecule has 0 heterocycles. The maximum absolute atomic E-state index is 12.8. The van der Waals surface area contributed by atoms with Crippen LogP contribution < -0.4 is 0 Å². The van der Waals surface area contributed by atoms with E-state index in [1.54, 1.807) is 0 Å². The molecule has 0 spiro atoms. The van der Waals surface area contributed by atoms with E-state index >= 15 is 0 Å². The molecular formula is C25H33ClO4. The van der Waals surface area contributed by atoms with Crippen molar-refractivity contribution >= 4 is 17.4 Å². The topological polar surface area (TPSA) is 77.8 Å². The molecule has 30 heavy (non-hydrogen) atoms. The fraction of sp³-hybridized carbons (Fsp3) is 0.720. The Morgan fingerprint density at radius 1 is 0.900 bits per heavy atom. The second-order valence-corrected chi connectivity index (χ2v) is 11.4. The van der Waals surface area contributed by atoms with Crippen LogP contribution in [0.5, 0.6) is 0 Å². The number of aliphatic hydroxyl groups is 3. The zero-order valence-electron chi connectivity index (χ0n) is 17.9. The summed E-state index contributed by atoms with van der Waals surface area (Å²) in [6.45, 7) is 4.28. The average Bonchev–Trinajstić information content (AvgIpc) is 2.94. The minimum Gasteiger partial charge on any atom is -0.389 e. The molecule has 0 radical (unpaired) electrons. The van der Waals surface area contributed by atoms with Crippen molar-refractivity contribution in [3.8, 4) is 0 Å². The zero-order chi connectivity index (χ0) is 21.5. The van der Waals surface area contributed by atoms with Crippen LogP contribution in [0.25, 0.3) is 0 Å². The van der Waals surface area contributed by atoms with Crippen LogP contribution in [0, 0.1) is 28.6 Å². The molecule has 5 rings (SSSR count). The summed E-state index contributed by atoms with van der Waals surface area (Å²) < 4.78 is 0. The van der Waals surface area contributed by atoms with Crippen LogP contribution in [0.15, 0.2) is 24.3 Å². The molecule has 0 aromatic heterocycles. The van der Waals surface area contributed by atoms with Gasteiger partial charge >= 0.3 is 0 Å². The van der Waals surface area contributed by atoms with Gasteiger partial charge in [-0.15, -0.1) is 0 Å². The lowest BCUT2D eigenvalue weighted by Gasteiger charge is -2.63. The van der Waals surface area contributed by atoms with E-state index in [0.717, 1.165) is 37.7 Å². The number of ketones is 1. The Morgan fingerprint density at radius 2 is 1.60 bits per heavy atom. The van der Waals surface area contributed by atoms with Crippen LogP contribution in [-0.4, -0.2) is 32.8 Å². The minimum absolute atomic E-state index is 0.00613. The van der Waals surface area contributed by atoms with Crippen LogP contribution in [0.2, 0.25) is 5.02 Å². The van der Waals surface area contributed by atoms with E-state index in [1.165, 1.54) is 0 Å². The number of Topliss-reactive ketones (excluding diaryl/α,β-unsaturated/α-hetero) is 1. The van der Waals surface area contributed by atoms with Gasteiger partial charge in [0.25, 0.3) is 0 Å². The van der Waals surface area contributed by atoms with Crippen molar-refractivity contribution in [3.05, 3.63) is 34.9 Å². The zero-order valence-corrected chi connectivity index (χ0v) is 18.7. The third kappa shape index (κ3) is 2.42. The number of carbonyl (C=O) groups excluding carboxylic acids is 1. The monoisotopic (exact) mass is 432 g/mol. The molecule has 1 aromatic rings. The lowest BCUT2D eigenvalue weighted by atomic mass is 9.42. The summed E-state index contributed by atoms with van der Waals surface area (Å²) >= 11 is 6.08. The summed E-state index contributed by atoms with van der Waals surface area (Å²) in [4.78, 5) is 12.8. The van der Waals surface area contributed by atoms with E-state index in [4.69, 9.17) is 11.6 Å². The molecule has 4 nitrogen and oxygen atoms in total. The van der Waals surface area contributed by atoms with E-state index in [1.807, 2.05) is 24.3 Å². The highest BCUT2D eigenvalue weighted by Crippen LogP contribution is 2.71. The van der Waals surface area contributed by atoms with Crippen molar-refractivity contribution in [2.45, 2.75) is 82.5 Å². The van der Waals surface area contributed by atoms with Crippen molar-refractivity contribution < 1.29 is 20.1 Å². The molecule has 4 fully saturated rings. The first-order chi connectivity index (χ1) is 14.1. The van der Waals surface area contributed by atoms with Crippen molar-refractivity contribution in [1.29, 1.82) is 0 Å². The molecule has 4 aliphatic rings. The summed E-state index contributed by atoms with van der Waals surface area (Å²) in [6.07, 6.45) is 4.78. The third-order valence-corrected chi connectivity index (χ3v) is 10.4. The highest BCUT2D eigenvalue weighted by atomic mass is 35.5. The number of aliphatic hydroxyl groups excluding tert-OH is 1. The van der Waals surface area contributed by atoms with E-state index < -0.39 is 22.7 Å². The number of halogens is 1. The smallest absolute Gasteiger partial charge is 0.164 e.